The number of hydrogen-bond donors (Lipinski definition) is 1. The Kier molecular flexibility index (Phi) is 3.03. The van der Waals surface area contributed by atoms with Crippen molar-refractivity contribution < 1.29 is 18.3 Å². The van der Waals surface area contributed by atoms with E-state index in [1.165, 1.54) is 0 Å². The summed E-state index contributed by atoms with van der Waals surface area (Å²) in [5.41, 5.74) is -0.676. The number of nitrogens with zero attached hydrogens (tertiary/aromatic N) is 2. The van der Waals surface area contributed by atoms with Gasteiger partial charge in [0.15, 0.2) is 0 Å². The molecule has 1 aromatic heterocycles. The van der Waals surface area contributed by atoms with E-state index in [1.807, 2.05) is 6.07 Å². The maximum Gasteiger partial charge on any atom is 0.260 e. The predicted octanol–water partition coefficient (Wildman–Crippen LogP) is 3.08. The van der Waals surface area contributed by atoms with Crippen molar-refractivity contribution in [3.63, 3.8) is 0 Å². The van der Waals surface area contributed by atoms with Gasteiger partial charge in [-0.1, -0.05) is 0 Å². The largest absolute Gasteiger partial charge is 0.381 e. The molecule has 4 fully saturated rings. The number of alkyl halides is 2. The molecule has 1 N–H and O–H groups in total. The lowest BCUT2D eigenvalue weighted by atomic mass is 9.69. The second-order valence-corrected chi connectivity index (χ2v) is 8.33. The second-order valence-electron chi connectivity index (χ2n) is 8.33. The van der Waals surface area contributed by atoms with Crippen molar-refractivity contribution >= 4 is 11.7 Å². The number of nitrogens with one attached hydrogen (secondary N) is 1. The minimum Gasteiger partial charge on any atom is -0.381 e. The molecule has 1 atom stereocenters. The molecule has 2 spiro atoms. The number of carbonyl (C=O) groups excluding carboxylic acids is 1. The van der Waals surface area contributed by atoms with Crippen LogP contribution in [-0.4, -0.2) is 34.8 Å². The standard InChI is InChI=1S/C18H23F2N3O2/c1-23-14(7-13(22-23)11-3-2-6-25-10-11)21-15(24)12-8-17(9-12)16(4-5-16)18(17,19)20/h7,11-12H,2-6,8-10H2,1H3,(H,21,24). The number of rotatable bonds is 3. The molecule has 1 unspecified atom stereocenters. The topological polar surface area (TPSA) is 56.1 Å². The Morgan fingerprint density at radius 1 is 1.36 bits per heavy atom. The van der Waals surface area contributed by atoms with Crippen LogP contribution >= 0.6 is 0 Å². The van der Waals surface area contributed by atoms with Crippen LogP contribution in [0.4, 0.5) is 14.6 Å². The summed E-state index contributed by atoms with van der Waals surface area (Å²) in [5.74, 6) is -2.11. The van der Waals surface area contributed by atoms with E-state index in [1.54, 1.807) is 11.7 Å². The molecule has 0 radical (unpaired) electrons. The molecule has 7 heteroatoms. The van der Waals surface area contributed by atoms with Crippen LogP contribution in [-0.2, 0) is 16.6 Å². The number of fused-ring (bicyclic) bond motifs is 1. The minimum absolute atomic E-state index is 0.154. The van der Waals surface area contributed by atoms with Crippen LogP contribution in [0.25, 0.3) is 0 Å². The molecular formula is C18H23F2N3O2. The number of ether oxygens (including phenoxy) is 1. The molecule has 4 aliphatic rings. The molecule has 2 heterocycles. The Labute approximate surface area is 145 Å². The lowest BCUT2D eigenvalue weighted by molar-refractivity contribution is -0.126. The molecule has 3 aliphatic carbocycles. The molecule has 25 heavy (non-hydrogen) atoms. The molecule has 5 nitrogen and oxygen atoms in total. The summed E-state index contributed by atoms with van der Waals surface area (Å²) in [6, 6.07) is 1.89. The van der Waals surface area contributed by atoms with E-state index in [2.05, 4.69) is 10.4 Å². The Morgan fingerprint density at radius 3 is 2.72 bits per heavy atom. The molecule has 1 aromatic rings. The molecule has 1 saturated heterocycles. The van der Waals surface area contributed by atoms with Gasteiger partial charge in [-0.05, 0) is 38.5 Å². The Hall–Kier alpha value is -1.50. The highest BCUT2D eigenvalue weighted by Crippen LogP contribution is 2.93. The first-order valence-electron chi connectivity index (χ1n) is 9.21. The van der Waals surface area contributed by atoms with Gasteiger partial charge in [-0.15, -0.1) is 0 Å². The first kappa shape index (κ1) is 15.7. The average molecular weight is 351 g/mol. The average Bonchev–Trinajstić information content (AvgIpc) is 3.37. The Bertz CT molecular complexity index is 723. The summed E-state index contributed by atoms with van der Waals surface area (Å²) < 4.78 is 35.3. The normalized spacial score (nSPS) is 36.9. The van der Waals surface area contributed by atoms with Crippen LogP contribution in [0.2, 0.25) is 0 Å². The zero-order valence-corrected chi connectivity index (χ0v) is 14.4. The highest BCUT2D eigenvalue weighted by molar-refractivity contribution is 5.93. The maximum atomic E-state index is 14.1. The number of halogens is 2. The number of carbonyl (C=O) groups is 1. The van der Waals surface area contributed by atoms with Crippen molar-refractivity contribution in [1.29, 1.82) is 0 Å². The number of hydrogen-bond acceptors (Lipinski definition) is 3. The summed E-state index contributed by atoms with van der Waals surface area (Å²) in [7, 11) is 1.79. The van der Waals surface area contributed by atoms with E-state index in [0.717, 1.165) is 25.1 Å². The third-order valence-corrected chi connectivity index (χ3v) is 7.09. The summed E-state index contributed by atoms with van der Waals surface area (Å²) in [6.45, 7) is 1.45. The fourth-order valence-electron chi connectivity index (χ4n) is 5.28. The monoisotopic (exact) mass is 351 g/mol. The van der Waals surface area contributed by atoms with Crippen molar-refractivity contribution in [2.45, 2.75) is 50.4 Å². The third kappa shape index (κ3) is 1.90. The van der Waals surface area contributed by atoms with Crippen LogP contribution in [0, 0.1) is 16.7 Å². The number of aromatic nitrogens is 2. The molecule has 136 valence electrons. The molecule has 1 aliphatic heterocycles. The SMILES string of the molecule is Cn1nc(C2CCCOC2)cc1NC(=O)C1CC2(C1)C(F)(F)C21CC1. The van der Waals surface area contributed by atoms with Crippen LogP contribution in [0.1, 0.15) is 50.1 Å². The molecular weight excluding hydrogens is 328 g/mol. The van der Waals surface area contributed by atoms with Crippen molar-refractivity contribution in [2.24, 2.45) is 23.8 Å². The van der Waals surface area contributed by atoms with Crippen molar-refractivity contribution in [1.82, 2.24) is 9.78 Å². The van der Waals surface area contributed by atoms with Crippen LogP contribution in [0.5, 0.6) is 0 Å². The van der Waals surface area contributed by atoms with E-state index in [-0.39, 0.29) is 17.7 Å². The molecule has 1 amide bonds. The zero-order chi connectivity index (χ0) is 17.4. The van der Waals surface area contributed by atoms with E-state index < -0.39 is 16.8 Å². The fraction of sp³-hybridized carbons (Fsp3) is 0.778. The van der Waals surface area contributed by atoms with Gasteiger partial charge in [0.25, 0.3) is 5.92 Å². The summed E-state index contributed by atoms with van der Waals surface area (Å²) in [6.07, 6.45) is 3.96. The van der Waals surface area contributed by atoms with Gasteiger partial charge in [0.2, 0.25) is 5.91 Å². The van der Waals surface area contributed by atoms with Gasteiger partial charge in [0.05, 0.1) is 12.3 Å². The van der Waals surface area contributed by atoms with Gasteiger partial charge < -0.3 is 10.1 Å². The fourth-order valence-corrected chi connectivity index (χ4v) is 5.28. The number of amides is 1. The molecule has 0 bridgehead atoms. The zero-order valence-electron chi connectivity index (χ0n) is 14.4. The first-order chi connectivity index (χ1) is 11.9. The summed E-state index contributed by atoms with van der Waals surface area (Å²) >= 11 is 0. The van der Waals surface area contributed by atoms with Gasteiger partial charge >= 0.3 is 0 Å². The van der Waals surface area contributed by atoms with Crippen molar-refractivity contribution in [3.05, 3.63) is 11.8 Å². The first-order valence-corrected chi connectivity index (χ1v) is 9.21. The highest BCUT2D eigenvalue weighted by atomic mass is 19.3. The molecule has 3 saturated carbocycles. The van der Waals surface area contributed by atoms with E-state index in [9.17, 15) is 13.6 Å². The van der Waals surface area contributed by atoms with Crippen LogP contribution < -0.4 is 5.32 Å². The second kappa shape index (κ2) is 4.81. The van der Waals surface area contributed by atoms with Gasteiger partial charge in [-0.2, -0.15) is 5.10 Å². The molecule has 0 aromatic carbocycles. The molecule has 5 rings (SSSR count). The van der Waals surface area contributed by atoms with Crippen LogP contribution in [0.3, 0.4) is 0 Å². The predicted molar refractivity (Wildman–Crippen MR) is 86.4 cm³/mol. The highest BCUT2D eigenvalue weighted by Gasteiger charge is 2.97. The summed E-state index contributed by atoms with van der Waals surface area (Å²) in [5, 5.41) is 7.38. The maximum absolute atomic E-state index is 14.1. The smallest absolute Gasteiger partial charge is 0.260 e. The number of anilines is 1. The van der Waals surface area contributed by atoms with Gasteiger partial charge in [-0.3, -0.25) is 9.48 Å². The lowest BCUT2D eigenvalue weighted by Gasteiger charge is -2.35. The minimum atomic E-state index is -2.54. The van der Waals surface area contributed by atoms with E-state index >= 15 is 0 Å². The van der Waals surface area contributed by atoms with Gasteiger partial charge in [0, 0.05) is 42.4 Å². The lowest BCUT2D eigenvalue weighted by Crippen LogP contribution is -2.39. The van der Waals surface area contributed by atoms with Crippen molar-refractivity contribution in [2.75, 3.05) is 18.5 Å². The van der Waals surface area contributed by atoms with Gasteiger partial charge in [-0.25, -0.2) is 8.78 Å². The Morgan fingerprint density at radius 2 is 2.12 bits per heavy atom. The van der Waals surface area contributed by atoms with Crippen molar-refractivity contribution in [3.8, 4) is 0 Å². The van der Waals surface area contributed by atoms with Gasteiger partial charge in [0.1, 0.15) is 5.82 Å². The third-order valence-electron chi connectivity index (χ3n) is 7.09. The quantitative estimate of drug-likeness (QED) is 0.910. The van der Waals surface area contributed by atoms with E-state index in [4.69, 9.17) is 4.74 Å². The Balaban J connectivity index is 1.23. The summed E-state index contributed by atoms with van der Waals surface area (Å²) in [4.78, 5) is 12.5. The van der Waals surface area contributed by atoms with E-state index in [0.29, 0.717) is 38.1 Å². The van der Waals surface area contributed by atoms with Crippen LogP contribution in [0.15, 0.2) is 6.07 Å². The number of aryl methyl sites for hydroxylation is 1.